The van der Waals surface area contributed by atoms with Gasteiger partial charge in [0.1, 0.15) is 17.4 Å². The Labute approximate surface area is 203 Å². The highest BCUT2D eigenvalue weighted by molar-refractivity contribution is 7.09. The molecule has 5 nitrogen and oxygen atoms in total. The van der Waals surface area contributed by atoms with E-state index in [1.165, 1.54) is 49.7 Å². The molecule has 7 rings (SSSR count). The summed E-state index contributed by atoms with van der Waals surface area (Å²) in [5, 5.41) is 11.5. The van der Waals surface area contributed by atoms with Gasteiger partial charge in [-0.1, -0.05) is 30.7 Å². The molecule has 4 aromatic rings. The number of nitrogens with zero attached hydrogens (tertiary/aromatic N) is 3. The van der Waals surface area contributed by atoms with Crippen molar-refractivity contribution in [3.8, 4) is 17.2 Å². The van der Waals surface area contributed by atoms with Gasteiger partial charge < -0.3 is 9.15 Å². The summed E-state index contributed by atoms with van der Waals surface area (Å²) in [6.45, 7) is 0.520. The molecule has 3 aliphatic rings. The highest BCUT2D eigenvalue weighted by Crippen LogP contribution is 2.60. The number of ether oxygens (including phenoxy) is 1. The molecule has 3 atom stereocenters. The van der Waals surface area contributed by atoms with Crippen LogP contribution in [0.1, 0.15) is 66.5 Å². The van der Waals surface area contributed by atoms with Crippen LogP contribution in [0.2, 0.25) is 0 Å². The van der Waals surface area contributed by atoms with E-state index in [9.17, 15) is 0 Å². The standard InChI is InChI=1S/C28H27N3O2S/c1-6-23-15-18(1)16-28(23,22-9-11-24(12-10-22)32-17-25-29-13-14-34-25)21-7-4-20(5-8-21)27-31-30-26(33-27)19-2-3-19/h4-5,7-14,18-19,23H,1-3,6,15-17H2/t18?,23-,28-/m1/s1. The van der Waals surface area contributed by atoms with Crippen LogP contribution in [0, 0.1) is 11.8 Å². The summed E-state index contributed by atoms with van der Waals surface area (Å²) < 4.78 is 11.9. The van der Waals surface area contributed by atoms with Crippen LogP contribution in [0.25, 0.3) is 11.5 Å². The van der Waals surface area contributed by atoms with Gasteiger partial charge in [-0.05, 0) is 79.3 Å². The van der Waals surface area contributed by atoms with E-state index in [1.54, 1.807) is 11.3 Å². The zero-order valence-electron chi connectivity index (χ0n) is 19.0. The molecule has 3 saturated carbocycles. The normalized spacial score (nSPS) is 25.6. The van der Waals surface area contributed by atoms with Crippen LogP contribution in [0.3, 0.4) is 0 Å². The second kappa shape index (κ2) is 8.05. The molecule has 2 heterocycles. The Morgan fingerprint density at radius 2 is 1.74 bits per heavy atom. The lowest BCUT2D eigenvalue weighted by Crippen LogP contribution is -2.34. The third kappa shape index (κ3) is 3.47. The lowest BCUT2D eigenvalue weighted by atomic mass is 9.64. The van der Waals surface area contributed by atoms with Gasteiger partial charge in [0, 0.05) is 28.5 Å². The Morgan fingerprint density at radius 1 is 0.941 bits per heavy atom. The number of benzene rings is 2. The van der Waals surface area contributed by atoms with Crippen molar-refractivity contribution in [1.82, 2.24) is 15.2 Å². The molecule has 34 heavy (non-hydrogen) atoms. The smallest absolute Gasteiger partial charge is 0.247 e. The van der Waals surface area contributed by atoms with E-state index >= 15 is 0 Å². The minimum absolute atomic E-state index is 0.0727. The van der Waals surface area contributed by atoms with Crippen LogP contribution in [0.5, 0.6) is 5.75 Å². The topological polar surface area (TPSA) is 61.0 Å². The summed E-state index contributed by atoms with van der Waals surface area (Å²) in [6.07, 6.45) is 9.39. The van der Waals surface area contributed by atoms with Crippen molar-refractivity contribution < 1.29 is 9.15 Å². The van der Waals surface area contributed by atoms with E-state index in [4.69, 9.17) is 9.15 Å². The van der Waals surface area contributed by atoms with Gasteiger partial charge in [-0.2, -0.15) is 0 Å². The monoisotopic (exact) mass is 469 g/mol. The fourth-order valence-electron chi connectivity index (χ4n) is 6.28. The van der Waals surface area contributed by atoms with Crippen molar-refractivity contribution in [2.45, 2.75) is 56.5 Å². The van der Waals surface area contributed by atoms with E-state index in [0.29, 0.717) is 24.3 Å². The third-order valence-electron chi connectivity index (χ3n) is 8.08. The van der Waals surface area contributed by atoms with Crippen LogP contribution in [-0.4, -0.2) is 15.2 Å². The Morgan fingerprint density at radius 3 is 2.38 bits per heavy atom. The SMILES string of the molecule is c1csc(COc2ccc([C@]3(c4ccc(-c5nnc(C6CC6)o5)cc4)CC4CC[C@@H]3C4)cc2)n1. The average Bonchev–Trinajstić information content (AvgIpc) is 3.32. The maximum Gasteiger partial charge on any atom is 0.247 e. The molecular weight excluding hydrogens is 442 g/mol. The van der Waals surface area contributed by atoms with Crippen molar-refractivity contribution in [2.75, 3.05) is 0 Å². The van der Waals surface area contributed by atoms with E-state index in [2.05, 4.69) is 63.7 Å². The number of thiazole rings is 1. The van der Waals surface area contributed by atoms with Gasteiger partial charge in [-0.15, -0.1) is 21.5 Å². The maximum atomic E-state index is 5.98. The van der Waals surface area contributed by atoms with Crippen molar-refractivity contribution >= 4 is 11.3 Å². The minimum Gasteiger partial charge on any atom is -0.486 e. The molecule has 3 aliphatic carbocycles. The highest BCUT2D eigenvalue weighted by atomic mass is 32.1. The van der Waals surface area contributed by atoms with Gasteiger partial charge >= 0.3 is 0 Å². The second-order valence-electron chi connectivity index (χ2n) is 10.1. The zero-order valence-corrected chi connectivity index (χ0v) is 19.8. The molecule has 0 aliphatic heterocycles. The largest absolute Gasteiger partial charge is 0.486 e. The number of hydrogen-bond acceptors (Lipinski definition) is 6. The first-order valence-electron chi connectivity index (χ1n) is 12.3. The summed E-state index contributed by atoms with van der Waals surface area (Å²) in [4.78, 5) is 4.31. The predicted molar refractivity (Wildman–Crippen MR) is 131 cm³/mol. The molecule has 0 N–H and O–H groups in total. The first-order chi connectivity index (χ1) is 16.8. The Balaban J connectivity index is 1.17. The quantitative estimate of drug-likeness (QED) is 0.299. The summed E-state index contributed by atoms with van der Waals surface area (Å²) >= 11 is 1.62. The molecule has 2 aromatic carbocycles. The molecule has 0 saturated heterocycles. The molecule has 2 aromatic heterocycles. The van der Waals surface area contributed by atoms with Gasteiger partial charge in [0.25, 0.3) is 0 Å². The van der Waals surface area contributed by atoms with Gasteiger partial charge in [0.2, 0.25) is 11.8 Å². The Kier molecular flexibility index (Phi) is 4.83. The molecule has 6 heteroatoms. The van der Waals surface area contributed by atoms with E-state index in [-0.39, 0.29) is 5.41 Å². The zero-order chi connectivity index (χ0) is 22.5. The number of aromatic nitrogens is 3. The molecule has 0 spiro atoms. The molecule has 2 bridgehead atoms. The van der Waals surface area contributed by atoms with Crippen molar-refractivity contribution in [1.29, 1.82) is 0 Å². The lowest BCUT2D eigenvalue weighted by Gasteiger charge is -2.39. The van der Waals surface area contributed by atoms with Crippen molar-refractivity contribution in [3.05, 3.63) is 82.1 Å². The Bertz CT molecular complexity index is 1280. The molecular formula is C28H27N3O2S. The van der Waals surface area contributed by atoms with E-state index < -0.39 is 0 Å². The summed E-state index contributed by atoms with van der Waals surface area (Å²) in [5.74, 6) is 4.32. The van der Waals surface area contributed by atoms with Crippen molar-refractivity contribution in [2.24, 2.45) is 11.8 Å². The van der Waals surface area contributed by atoms with Crippen LogP contribution < -0.4 is 4.74 Å². The summed E-state index contributed by atoms with van der Waals surface area (Å²) in [6, 6.07) is 17.7. The van der Waals surface area contributed by atoms with Crippen LogP contribution >= 0.6 is 11.3 Å². The third-order valence-corrected chi connectivity index (χ3v) is 8.83. The van der Waals surface area contributed by atoms with E-state index in [1.807, 2.05) is 11.6 Å². The molecule has 3 fully saturated rings. The second-order valence-corrected chi connectivity index (χ2v) is 11.1. The maximum absolute atomic E-state index is 5.98. The lowest BCUT2D eigenvalue weighted by molar-refractivity contribution is 0.303. The fraction of sp³-hybridized carbons (Fsp3) is 0.393. The highest BCUT2D eigenvalue weighted by Gasteiger charge is 2.52. The van der Waals surface area contributed by atoms with Gasteiger partial charge in [-0.3, -0.25) is 0 Å². The van der Waals surface area contributed by atoms with Crippen molar-refractivity contribution in [3.63, 3.8) is 0 Å². The number of fused-ring (bicyclic) bond motifs is 2. The first kappa shape index (κ1) is 20.4. The number of rotatable bonds is 7. The van der Waals surface area contributed by atoms with E-state index in [0.717, 1.165) is 28.1 Å². The fourth-order valence-corrected chi connectivity index (χ4v) is 6.81. The summed E-state index contributed by atoms with van der Waals surface area (Å²) in [5.41, 5.74) is 3.89. The Hall–Kier alpha value is -2.99. The van der Waals surface area contributed by atoms with Crippen LogP contribution in [-0.2, 0) is 12.0 Å². The van der Waals surface area contributed by atoms with Gasteiger partial charge in [-0.25, -0.2) is 4.98 Å². The molecule has 1 unspecified atom stereocenters. The van der Waals surface area contributed by atoms with Gasteiger partial charge in [0.15, 0.2) is 0 Å². The molecule has 0 radical (unpaired) electrons. The molecule has 172 valence electrons. The average molecular weight is 470 g/mol. The first-order valence-corrected chi connectivity index (χ1v) is 13.2. The minimum atomic E-state index is 0.0727. The van der Waals surface area contributed by atoms with Gasteiger partial charge in [0.05, 0.1) is 0 Å². The molecule has 0 amide bonds. The number of hydrogen-bond donors (Lipinski definition) is 0. The van der Waals surface area contributed by atoms with Crippen LogP contribution in [0.15, 0.2) is 64.5 Å². The summed E-state index contributed by atoms with van der Waals surface area (Å²) in [7, 11) is 0. The van der Waals surface area contributed by atoms with Crippen LogP contribution in [0.4, 0.5) is 0 Å². The predicted octanol–water partition coefficient (Wildman–Crippen LogP) is 6.76.